The maximum atomic E-state index is 13.4. The second kappa shape index (κ2) is 14.6. The normalized spacial score (nSPS) is 11.2. The highest BCUT2D eigenvalue weighted by Gasteiger charge is 2.17. The lowest BCUT2D eigenvalue weighted by Crippen LogP contribution is -2.30. The van der Waals surface area contributed by atoms with Gasteiger partial charge in [0.1, 0.15) is 23.0 Å². The Labute approximate surface area is 278 Å². The van der Waals surface area contributed by atoms with Crippen LogP contribution >= 0.6 is 23.1 Å². The highest BCUT2D eigenvalue weighted by Crippen LogP contribution is 2.29. The van der Waals surface area contributed by atoms with Gasteiger partial charge in [-0.05, 0) is 60.7 Å². The van der Waals surface area contributed by atoms with Crippen molar-refractivity contribution < 1.29 is 23.5 Å². The van der Waals surface area contributed by atoms with E-state index in [9.17, 15) is 14.4 Å². The number of fused-ring (bicyclic) bond motifs is 1. The van der Waals surface area contributed by atoms with Gasteiger partial charge in [-0.15, -0.1) is 11.8 Å². The number of thiazole rings is 1. The summed E-state index contributed by atoms with van der Waals surface area (Å²) in [6.07, 6.45) is 1.49. The van der Waals surface area contributed by atoms with Crippen LogP contribution in [0.15, 0.2) is 130 Å². The van der Waals surface area contributed by atoms with Crippen LogP contribution in [-0.4, -0.2) is 35.6 Å². The number of thioether (sulfide) groups is 1. The van der Waals surface area contributed by atoms with E-state index in [-0.39, 0.29) is 17.4 Å². The fourth-order valence-corrected chi connectivity index (χ4v) is 6.06. The van der Waals surface area contributed by atoms with E-state index in [2.05, 4.69) is 20.9 Å². The van der Waals surface area contributed by atoms with Gasteiger partial charge < -0.3 is 25.1 Å². The van der Waals surface area contributed by atoms with E-state index in [0.717, 1.165) is 20.7 Å². The summed E-state index contributed by atoms with van der Waals surface area (Å²) >= 11 is 2.75. The van der Waals surface area contributed by atoms with Crippen molar-refractivity contribution >= 4 is 67.9 Å². The first-order valence-electron chi connectivity index (χ1n) is 14.5. The fourth-order valence-electron chi connectivity index (χ4n) is 4.50. The van der Waals surface area contributed by atoms with Gasteiger partial charge in [0.05, 0.1) is 23.1 Å². The van der Waals surface area contributed by atoms with Crippen molar-refractivity contribution in [1.29, 1.82) is 0 Å². The Morgan fingerprint density at radius 1 is 0.872 bits per heavy atom. The molecule has 47 heavy (non-hydrogen) atoms. The molecular formula is C36H28N4O5S2. The molecular weight excluding hydrogens is 633 g/mol. The fraction of sp³-hybridized carbons (Fsp3) is 0.0556. The number of benzene rings is 4. The van der Waals surface area contributed by atoms with Gasteiger partial charge in [0.25, 0.3) is 11.8 Å². The zero-order chi connectivity index (χ0) is 32.6. The molecule has 0 aliphatic carbocycles. The highest BCUT2D eigenvalue weighted by molar-refractivity contribution is 8.00. The number of hydrogen-bond acceptors (Lipinski definition) is 8. The number of aromatic nitrogens is 1. The van der Waals surface area contributed by atoms with E-state index in [1.807, 2.05) is 72.8 Å². The summed E-state index contributed by atoms with van der Waals surface area (Å²) in [6, 6.07) is 34.4. The van der Waals surface area contributed by atoms with Gasteiger partial charge in [-0.1, -0.05) is 59.9 Å². The lowest BCUT2D eigenvalue weighted by atomic mass is 10.2. The number of carbonyl (C=O) groups is 3. The van der Waals surface area contributed by atoms with Crippen LogP contribution in [0.5, 0.6) is 5.75 Å². The van der Waals surface area contributed by atoms with Gasteiger partial charge in [-0.3, -0.25) is 14.4 Å². The van der Waals surface area contributed by atoms with Crippen LogP contribution in [-0.2, 0) is 9.59 Å². The van der Waals surface area contributed by atoms with E-state index in [4.69, 9.17) is 9.15 Å². The summed E-state index contributed by atoms with van der Waals surface area (Å²) in [6.45, 7) is 0. The number of furan rings is 1. The molecule has 2 heterocycles. The molecule has 3 amide bonds. The molecule has 4 aromatic carbocycles. The zero-order valence-corrected chi connectivity index (χ0v) is 26.7. The monoisotopic (exact) mass is 660 g/mol. The van der Waals surface area contributed by atoms with E-state index < -0.39 is 11.8 Å². The third-order valence-electron chi connectivity index (χ3n) is 6.82. The van der Waals surface area contributed by atoms with Gasteiger partial charge in [0, 0.05) is 33.9 Å². The van der Waals surface area contributed by atoms with Crippen LogP contribution in [0.25, 0.3) is 27.6 Å². The number of rotatable bonds is 11. The summed E-state index contributed by atoms with van der Waals surface area (Å²) in [5, 5.41) is 8.92. The topological polar surface area (TPSA) is 123 Å². The minimum atomic E-state index is -0.528. The summed E-state index contributed by atoms with van der Waals surface area (Å²) in [5.74, 6) is 0.770. The number of carbonyl (C=O) groups excluding carboxylic acids is 3. The summed E-state index contributed by atoms with van der Waals surface area (Å²) in [4.78, 5) is 44.3. The molecule has 3 N–H and O–H groups in total. The maximum Gasteiger partial charge on any atom is 0.272 e. The smallest absolute Gasteiger partial charge is 0.272 e. The molecule has 0 unspecified atom stereocenters. The molecule has 0 atom stereocenters. The van der Waals surface area contributed by atoms with Crippen molar-refractivity contribution in [2.24, 2.45) is 0 Å². The first-order valence-corrected chi connectivity index (χ1v) is 16.3. The second-order valence-electron chi connectivity index (χ2n) is 10.1. The Morgan fingerprint density at radius 2 is 1.62 bits per heavy atom. The second-order valence-corrected chi connectivity index (χ2v) is 12.2. The Hall–Kier alpha value is -5.65. The average Bonchev–Trinajstić information content (AvgIpc) is 3.74. The van der Waals surface area contributed by atoms with Crippen LogP contribution in [0, 0.1) is 0 Å². The molecule has 0 fully saturated rings. The largest absolute Gasteiger partial charge is 0.497 e. The number of amides is 3. The number of anilines is 2. The van der Waals surface area contributed by atoms with Gasteiger partial charge in [-0.2, -0.15) is 0 Å². The number of nitrogens with zero attached hydrogens (tertiary/aromatic N) is 1. The maximum absolute atomic E-state index is 13.4. The molecule has 0 aliphatic heterocycles. The minimum Gasteiger partial charge on any atom is -0.497 e. The molecule has 6 aromatic rings. The van der Waals surface area contributed by atoms with Gasteiger partial charge in [-0.25, -0.2) is 4.98 Å². The molecule has 9 nitrogen and oxygen atoms in total. The number of nitrogens with one attached hydrogen (secondary N) is 3. The molecule has 11 heteroatoms. The van der Waals surface area contributed by atoms with Crippen molar-refractivity contribution in [2.75, 3.05) is 23.5 Å². The van der Waals surface area contributed by atoms with E-state index >= 15 is 0 Å². The van der Waals surface area contributed by atoms with Crippen LogP contribution in [0.3, 0.4) is 0 Å². The van der Waals surface area contributed by atoms with Crippen molar-refractivity contribution in [2.45, 2.75) is 4.90 Å². The molecule has 234 valence electrons. The molecule has 0 saturated heterocycles. The SMILES string of the molecule is COc1ccc2sc(NC(=O)CSc3ccc(NC(=O)/C(=C\c4ccc(-c5ccccc5)o4)NC(=O)c4ccccc4)cc3)nc2c1. The lowest BCUT2D eigenvalue weighted by Gasteiger charge is -2.11. The predicted octanol–water partition coefficient (Wildman–Crippen LogP) is 7.71. The Kier molecular flexibility index (Phi) is 9.75. The average molecular weight is 661 g/mol. The van der Waals surface area contributed by atoms with Crippen molar-refractivity contribution in [3.8, 4) is 17.1 Å². The van der Waals surface area contributed by atoms with Crippen LogP contribution in [0.4, 0.5) is 10.8 Å². The van der Waals surface area contributed by atoms with Gasteiger partial charge >= 0.3 is 0 Å². The number of ether oxygens (including phenoxy) is 1. The Morgan fingerprint density at radius 3 is 2.36 bits per heavy atom. The van der Waals surface area contributed by atoms with Crippen LogP contribution < -0.4 is 20.7 Å². The first-order chi connectivity index (χ1) is 22.9. The predicted molar refractivity (Wildman–Crippen MR) is 187 cm³/mol. The molecule has 0 aliphatic rings. The third-order valence-corrected chi connectivity index (χ3v) is 8.79. The standard InChI is InChI=1S/C36H28N4O5S2/c1-44-26-15-19-32-29(20-26)39-36(47-32)40-33(41)22-46-28-16-12-25(13-17-28)37-35(43)30(38-34(42)24-10-6-3-7-11-24)21-27-14-18-31(45-27)23-8-4-2-5-9-23/h2-21H,22H2,1H3,(H,37,43)(H,38,42)(H,39,40,41)/b30-21+. The van der Waals surface area contributed by atoms with E-state index in [0.29, 0.717) is 33.7 Å². The summed E-state index contributed by atoms with van der Waals surface area (Å²) in [7, 11) is 1.60. The van der Waals surface area contributed by atoms with Crippen molar-refractivity contribution in [1.82, 2.24) is 10.3 Å². The molecule has 0 saturated carbocycles. The molecule has 6 rings (SSSR count). The first kappa shape index (κ1) is 31.3. The summed E-state index contributed by atoms with van der Waals surface area (Å²) in [5.41, 5.74) is 2.58. The quantitative estimate of drug-likeness (QED) is 0.0961. The molecule has 0 radical (unpaired) electrons. The Bertz CT molecular complexity index is 2060. The lowest BCUT2D eigenvalue weighted by molar-refractivity contribution is -0.114. The minimum absolute atomic E-state index is 0.0104. The number of methoxy groups -OCH3 is 1. The Balaban J connectivity index is 1.10. The number of hydrogen-bond donors (Lipinski definition) is 3. The summed E-state index contributed by atoms with van der Waals surface area (Å²) < 4.78 is 12.1. The van der Waals surface area contributed by atoms with Crippen molar-refractivity contribution in [3.05, 3.63) is 132 Å². The van der Waals surface area contributed by atoms with Gasteiger partial charge in [0.2, 0.25) is 5.91 Å². The molecule has 0 bridgehead atoms. The van der Waals surface area contributed by atoms with Crippen LogP contribution in [0.2, 0.25) is 0 Å². The van der Waals surface area contributed by atoms with E-state index in [1.54, 1.807) is 49.6 Å². The van der Waals surface area contributed by atoms with Gasteiger partial charge in [0.15, 0.2) is 5.13 Å². The molecule has 0 spiro atoms. The third kappa shape index (κ3) is 8.15. The highest BCUT2D eigenvalue weighted by atomic mass is 32.2. The van der Waals surface area contributed by atoms with Crippen molar-refractivity contribution in [3.63, 3.8) is 0 Å². The zero-order valence-electron chi connectivity index (χ0n) is 25.1. The van der Waals surface area contributed by atoms with Crippen LogP contribution in [0.1, 0.15) is 16.1 Å². The molecule has 2 aromatic heterocycles. The van der Waals surface area contributed by atoms with E-state index in [1.165, 1.54) is 29.2 Å².